The maximum Gasteiger partial charge on any atom is 0.204 e. The van der Waals surface area contributed by atoms with Gasteiger partial charge in [0, 0.05) is 45.4 Å². The van der Waals surface area contributed by atoms with Crippen molar-refractivity contribution in [1.29, 1.82) is 0 Å². The Kier molecular flexibility index (Phi) is 8.67. The predicted octanol–water partition coefficient (Wildman–Crippen LogP) is 2.95. The number of aliphatic hydroxyl groups is 1. The van der Waals surface area contributed by atoms with Crippen molar-refractivity contribution in [3.63, 3.8) is 0 Å². The average molecular weight is 485 g/mol. The highest BCUT2D eigenvalue weighted by molar-refractivity contribution is 7.80. The molecule has 9 heteroatoms. The first-order chi connectivity index (χ1) is 16.6. The van der Waals surface area contributed by atoms with Gasteiger partial charge >= 0.3 is 0 Å². The van der Waals surface area contributed by atoms with Crippen LogP contribution in [-0.2, 0) is 6.54 Å². The van der Waals surface area contributed by atoms with E-state index in [1.165, 1.54) is 12.1 Å². The largest absolute Gasteiger partial charge is 0.396 e. The predicted molar refractivity (Wildman–Crippen MR) is 139 cm³/mol. The second-order valence-electron chi connectivity index (χ2n) is 8.66. The molecule has 1 saturated heterocycles. The molecule has 0 aliphatic carbocycles. The zero-order chi connectivity index (χ0) is 23.8. The molecule has 1 aromatic heterocycles. The van der Waals surface area contributed by atoms with Crippen molar-refractivity contribution in [3.8, 4) is 0 Å². The molecule has 2 heterocycles. The standard InChI is InChI=1S/C25H33FN6OS/c26-20-8-6-19(7-9-20)18-32-23-5-2-1-4-22(23)30-24(32)29-21-10-14-31(15-11-21)16-13-28-25(34)27-12-3-17-33/h1-2,4-9,21,33H,3,10-18H2,(H,29,30)(H2,27,28,34). The summed E-state index contributed by atoms with van der Waals surface area (Å²) in [6.45, 7) is 5.27. The Hall–Kier alpha value is -2.75. The molecule has 0 atom stereocenters. The molecule has 3 aromatic rings. The quantitative estimate of drug-likeness (QED) is 0.260. The van der Waals surface area contributed by atoms with Gasteiger partial charge in [0.1, 0.15) is 5.82 Å². The lowest BCUT2D eigenvalue weighted by molar-refractivity contribution is 0.222. The van der Waals surface area contributed by atoms with Crippen LogP contribution in [0.3, 0.4) is 0 Å². The van der Waals surface area contributed by atoms with E-state index in [4.69, 9.17) is 22.3 Å². The number of hydrogen-bond acceptors (Lipinski definition) is 5. The lowest BCUT2D eigenvalue weighted by Gasteiger charge is -2.32. The lowest BCUT2D eigenvalue weighted by Crippen LogP contribution is -2.44. The van der Waals surface area contributed by atoms with E-state index in [2.05, 4.69) is 31.5 Å². The number of piperidine rings is 1. The summed E-state index contributed by atoms with van der Waals surface area (Å²) in [4.78, 5) is 7.30. The van der Waals surface area contributed by atoms with Crippen molar-refractivity contribution in [2.45, 2.75) is 31.8 Å². The molecular formula is C25H33FN6OS. The number of benzene rings is 2. The van der Waals surface area contributed by atoms with Crippen LogP contribution >= 0.6 is 12.2 Å². The Balaban J connectivity index is 1.30. The Morgan fingerprint density at radius 3 is 2.56 bits per heavy atom. The van der Waals surface area contributed by atoms with Gasteiger partial charge < -0.3 is 30.5 Å². The monoisotopic (exact) mass is 484 g/mol. The minimum absolute atomic E-state index is 0.168. The summed E-state index contributed by atoms with van der Waals surface area (Å²) in [5.41, 5.74) is 3.07. The van der Waals surface area contributed by atoms with Gasteiger partial charge in [-0.1, -0.05) is 24.3 Å². The zero-order valence-electron chi connectivity index (χ0n) is 19.3. The highest BCUT2D eigenvalue weighted by Crippen LogP contribution is 2.24. The van der Waals surface area contributed by atoms with Crippen LogP contribution in [0.2, 0.25) is 0 Å². The number of nitrogens with one attached hydrogen (secondary N) is 3. The summed E-state index contributed by atoms with van der Waals surface area (Å²) in [6.07, 6.45) is 2.78. The molecule has 0 amide bonds. The highest BCUT2D eigenvalue weighted by atomic mass is 32.1. The number of thiocarbonyl (C=S) groups is 1. The number of para-hydroxylation sites is 2. The number of nitrogens with zero attached hydrogens (tertiary/aromatic N) is 3. The van der Waals surface area contributed by atoms with Gasteiger partial charge in [-0.3, -0.25) is 0 Å². The molecule has 1 aliphatic rings. The van der Waals surface area contributed by atoms with Crippen LogP contribution in [0.5, 0.6) is 0 Å². The Morgan fingerprint density at radius 2 is 1.79 bits per heavy atom. The van der Waals surface area contributed by atoms with Crippen molar-refractivity contribution in [2.24, 2.45) is 0 Å². The minimum atomic E-state index is -0.223. The maximum absolute atomic E-state index is 13.4. The highest BCUT2D eigenvalue weighted by Gasteiger charge is 2.21. The Labute approximate surface area is 205 Å². The Morgan fingerprint density at radius 1 is 1.06 bits per heavy atom. The molecule has 0 radical (unpaired) electrons. The van der Waals surface area contributed by atoms with Gasteiger partial charge in [-0.15, -0.1) is 0 Å². The van der Waals surface area contributed by atoms with E-state index in [-0.39, 0.29) is 12.4 Å². The van der Waals surface area contributed by atoms with Gasteiger partial charge in [0.05, 0.1) is 17.6 Å². The topological polar surface area (TPSA) is 77.4 Å². The number of rotatable bonds is 10. The minimum Gasteiger partial charge on any atom is -0.396 e. The van der Waals surface area contributed by atoms with Crippen LogP contribution in [0.1, 0.15) is 24.8 Å². The van der Waals surface area contributed by atoms with Crippen molar-refractivity contribution >= 4 is 34.3 Å². The van der Waals surface area contributed by atoms with E-state index < -0.39 is 0 Å². The maximum atomic E-state index is 13.4. The first kappa shape index (κ1) is 24.4. The molecule has 182 valence electrons. The summed E-state index contributed by atoms with van der Waals surface area (Å²) in [6, 6.07) is 15.2. The van der Waals surface area contributed by atoms with Crippen molar-refractivity contribution < 1.29 is 9.50 Å². The van der Waals surface area contributed by atoms with Crippen molar-refractivity contribution in [2.75, 3.05) is 44.6 Å². The van der Waals surface area contributed by atoms with E-state index >= 15 is 0 Å². The first-order valence-electron chi connectivity index (χ1n) is 11.9. The van der Waals surface area contributed by atoms with E-state index in [1.54, 1.807) is 0 Å². The fourth-order valence-corrected chi connectivity index (χ4v) is 4.48. The van der Waals surface area contributed by atoms with Crippen LogP contribution < -0.4 is 16.0 Å². The molecule has 0 spiro atoms. The SMILES string of the molecule is OCCCNC(=S)NCCN1CCC(Nc2nc3ccccc3n2Cc2ccc(F)cc2)CC1. The molecule has 4 rings (SSSR count). The normalized spacial score (nSPS) is 14.9. The van der Waals surface area contributed by atoms with E-state index in [1.807, 2.05) is 30.3 Å². The molecule has 2 aromatic carbocycles. The van der Waals surface area contributed by atoms with E-state index in [0.29, 0.717) is 30.7 Å². The van der Waals surface area contributed by atoms with Crippen LogP contribution in [0, 0.1) is 5.82 Å². The van der Waals surface area contributed by atoms with Gasteiger partial charge in [-0.25, -0.2) is 9.37 Å². The number of fused-ring (bicyclic) bond motifs is 1. The molecule has 1 fully saturated rings. The molecule has 4 N–H and O–H groups in total. The Bertz CT molecular complexity index is 1060. The molecule has 0 bridgehead atoms. The number of aromatic nitrogens is 2. The first-order valence-corrected chi connectivity index (χ1v) is 12.3. The third kappa shape index (κ3) is 6.65. The number of anilines is 1. The summed E-state index contributed by atoms with van der Waals surface area (Å²) in [7, 11) is 0. The summed E-state index contributed by atoms with van der Waals surface area (Å²) in [5.74, 6) is 0.643. The molecule has 34 heavy (non-hydrogen) atoms. The number of imidazole rings is 1. The fourth-order valence-electron chi connectivity index (χ4n) is 4.27. The van der Waals surface area contributed by atoms with Crippen LogP contribution in [-0.4, -0.2) is 70.0 Å². The van der Waals surface area contributed by atoms with Gasteiger partial charge in [0.2, 0.25) is 5.95 Å². The zero-order valence-corrected chi connectivity index (χ0v) is 20.2. The van der Waals surface area contributed by atoms with E-state index in [0.717, 1.165) is 61.6 Å². The van der Waals surface area contributed by atoms with Gasteiger partial charge in [0.15, 0.2) is 5.11 Å². The molecule has 7 nitrogen and oxygen atoms in total. The lowest BCUT2D eigenvalue weighted by atomic mass is 10.1. The van der Waals surface area contributed by atoms with Crippen LogP contribution in [0.25, 0.3) is 11.0 Å². The second kappa shape index (κ2) is 12.1. The number of hydrogen-bond donors (Lipinski definition) is 4. The number of likely N-dealkylation sites (tertiary alicyclic amines) is 1. The smallest absolute Gasteiger partial charge is 0.204 e. The molecule has 1 aliphatic heterocycles. The average Bonchev–Trinajstić information content (AvgIpc) is 3.18. The third-order valence-corrected chi connectivity index (χ3v) is 6.45. The number of halogens is 1. The van der Waals surface area contributed by atoms with E-state index in [9.17, 15) is 4.39 Å². The van der Waals surface area contributed by atoms with Crippen molar-refractivity contribution in [3.05, 3.63) is 59.9 Å². The van der Waals surface area contributed by atoms with Crippen LogP contribution in [0.4, 0.5) is 10.3 Å². The van der Waals surface area contributed by atoms with Crippen molar-refractivity contribution in [1.82, 2.24) is 25.1 Å². The van der Waals surface area contributed by atoms with Gasteiger partial charge in [-0.2, -0.15) is 0 Å². The van der Waals surface area contributed by atoms with Gasteiger partial charge in [-0.05, 0) is 61.3 Å². The number of aliphatic hydroxyl groups excluding tert-OH is 1. The molecule has 0 saturated carbocycles. The van der Waals surface area contributed by atoms with Crippen LogP contribution in [0.15, 0.2) is 48.5 Å². The van der Waals surface area contributed by atoms with Gasteiger partial charge in [0.25, 0.3) is 0 Å². The fraction of sp³-hybridized carbons (Fsp3) is 0.440. The second-order valence-corrected chi connectivity index (χ2v) is 9.07. The molecular weight excluding hydrogens is 451 g/mol. The third-order valence-electron chi connectivity index (χ3n) is 6.16. The molecule has 0 unspecified atom stereocenters. The summed E-state index contributed by atoms with van der Waals surface area (Å²) >= 11 is 5.26. The summed E-state index contributed by atoms with van der Waals surface area (Å²) < 4.78 is 15.5. The summed E-state index contributed by atoms with van der Waals surface area (Å²) in [5, 5.41) is 19.5.